The van der Waals surface area contributed by atoms with Gasteiger partial charge in [0.05, 0.1) is 0 Å². The van der Waals surface area contributed by atoms with Crippen molar-refractivity contribution in [2.24, 2.45) is 5.73 Å². The molecule has 2 heteroatoms. The highest BCUT2D eigenvalue weighted by molar-refractivity contribution is 4.87. The summed E-state index contributed by atoms with van der Waals surface area (Å²) in [6.07, 6.45) is 10.5. The fraction of sp³-hybridized carbons (Fsp3) is 1.00. The second-order valence-corrected chi connectivity index (χ2v) is 5.32. The van der Waals surface area contributed by atoms with Gasteiger partial charge in [0.1, 0.15) is 0 Å². The molecule has 104 valence electrons. The van der Waals surface area contributed by atoms with Gasteiger partial charge in [0, 0.05) is 12.1 Å². The smallest absolute Gasteiger partial charge is 0.0323 e. The maximum Gasteiger partial charge on any atom is 0.0323 e. The summed E-state index contributed by atoms with van der Waals surface area (Å²) in [5.41, 5.74) is 6.20. The lowest BCUT2D eigenvalue weighted by molar-refractivity contribution is 0.113. The molecule has 0 atom stereocenters. The summed E-state index contributed by atoms with van der Waals surface area (Å²) in [6, 6.07) is 0. The fourth-order valence-corrected chi connectivity index (χ4v) is 2.60. The van der Waals surface area contributed by atoms with Crippen molar-refractivity contribution in [2.75, 3.05) is 20.1 Å². The molecule has 0 radical (unpaired) electrons. The number of likely N-dealkylation sites (N-methyl/N-ethyl adjacent to an activating group) is 1. The first-order valence-corrected chi connectivity index (χ1v) is 7.58. The Morgan fingerprint density at radius 2 is 1.41 bits per heavy atom. The maximum absolute atomic E-state index is 5.96. The largest absolute Gasteiger partial charge is 0.329 e. The highest BCUT2D eigenvalue weighted by Crippen LogP contribution is 2.21. The van der Waals surface area contributed by atoms with E-state index in [-0.39, 0.29) is 5.54 Å². The molecule has 0 saturated heterocycles. The van der Waals surface area contributed by atoms with Crippen molar-refractivity contribution >= 4 is 0 Å². The molecular formula is C15H34N2. The highest BCUT2D eigenvalue weighted by atomic mass is 15.2. The molecule has 0 spiro atoms. The van der Waals surface area contributed by atoms with Gasteiger partial charge in [-0.1, -0.05) is 52.9 Å². The Bertz CT molecular complexity index is 156. The fourth-order valence-electron chi connectivity index (χ4n) is 2.60. The molecule has 0 aromatic heterocycles. The van der Waals surface area contributed by atoms with E-state index in [0.717, 1.165) is 19.4 Å². The van der Waals surface area contributed by atoms with Crippen LogP contribution in [0.15, 0.2) is 0 Å². The van der Waals surface area contributed by atoms with E-state index < -0.39 is 0 Å². The van der Waals surface area contributed by atoms with Crippen molar-refractivity contribution in [3.8, 4) is 0 Å². The van der Waals surface area contributed by atoms with Crippen molar-refractivity contribution in [2.45, 2.75) is 77.7 Å². The van der Waals surface area contributed by atoms with Gasteiger partial charge in [0.25, 0.3) is 0 Å². The summed E-state index contributed by atoms with van der Waals surface area (Å²) in [5.74, 6) is 0. The van der Waals surface area contributed by atoms with E-state index in [1.165, 1.54) is 45.1 Å². The van der Waals surface area contributed by atoms with Crippen LogP contribution in [0.4, 0.5) is 0 Å². The Morgan fingerprint density at radius 1 is 0.882 bits per heavy atom. The lowest BCUT2D eigenvalue weighted by Gasteiger charge is -2.40. The Labute approximate surface area is 109 Å². The van der Waals surface area contributed by atoms with Crippen LogP contribution >= 0.6 is 0 Å². The van der Waals surface area contributed by atoms with Gasteiger partial charge in [-0.2, -0.15) is 0 Å². The van der Waals surface area contributed by atoms with Crippen molar-refractivity contribution < 1.29 is 0 Å². The molecule has 0 aromatic rings. The Balaban J connectivity index is 3.79. The van der Waals surface area contributed by atoms with Crippen LogP contribution in [0, 0.1) is 0 Å². The van der Waals surface area contributed by atoms with E-state index in [1.807, 2.05) is 0 Å². The number of nitrogens with two attached hydrogens (primary N) is 1. The minimum atomic E-state index is 0.240. The number of hydrogen-bond donors (Lipinski definition) is 1. The third kappa shape index (κ3) is 5.87. The van der Waals surface area contributed by atoms with Crippen LogP contribution in [-0.4, -0.2) is 30.6 Å². The van der Waals surface area contributed by atoms with Gasteiger partial charge in [0.2, 0.25) is 0 Å². The minimum absolute atomic E-state index is 0.240. The minimum Gasteiger partial charge on any atom is -0.329 e. The Morgan fingerprint density at radius 3 is 1.88 bits per heavy atom. The van der Waals surface area contributed by atoms with E-state index in [0.29, 0.717) is 0 Å². The van der Waals surface area contributed by atoms with Crippen molar-refractivity contribution in [3.05, 3.63) is 0 Å². The average molecular weight is 242 g/mol. The van der Waals surface area contributed by atoms with Gasteiger partial charge in [0.15, 0.2) is 0 Å². The number of rotatable bonds is 11. The van der Waals surface area contributed by atoms with E-state index in [9.17, 15) is 0 Å². The maximum atomic E-state index is 5.96. The zero-order valence-corrected chi connectivity index (χ0v) is 12.6. The number of nitrogens with zero attached hydrogens (tertiary/aromatic N) is 1. The molecule has 0 bridgehead atoms. The SMILES string of the molecule is CCCCCCCCN(C)C(CC)(CC)CN. The molecule has 0 aliphatic heterocycles. The molecule has 0 heterocycles. The summed E-state index contributed by atoms with van der Waals surface area (Å²) in [6.45, 7) is 8.77. The molecule has 17 heavy (non-hydrogen) atoms. The predicted molar refractivity (Wildman–Crippen MR) is 78.4 cm³/mol. The number of hydrogen-bond acceptors (Lipinski definition) is 2. The van der Waals surface area contributed by atoms with E-state index in [1.54, 1.807) is 0 Å². The van der Waals surface area contributed by atoms with E-state index in [2.05, 4.69) is 32.7 Å². The molecule has 0 unspecified atom stereocenters. The topological polar surface area (TPSA) is 29.3 Å². The van der Waals surface area contributed by atoms with Crippen LogP contribution in [0.25, 0.3) is 0 Å². The first-order chi connectivity index (χ1) is 8.16. The lowest BCUT2D eigenvalue weighted by atomic mass is 9.91. The van der Waals surface area contributed by atoms with Crippen LogP contribution < -0.4 is 5.73 Å². The zero-order chi connectivity index (χ0) is 13.1. The van der Waals surface area contributed by atoms with Gasteiger partial charge >= 0.3 is 0 Å². The van der Waals surface area contributed by atoms with Crippen LogP contribution in [-0.2, 0) is 0 Å². The quantitative estimate of drug-likeness (QED) is 0.558. The summed E-state index contributed by atoms with van der Waals surface area (Å²) >= 11 is 0. The summed E-state index contributed by atoms with van der Waals surface area (Å²) in [7, 11) is 2.24. The van der Waals surface area contributed by atoms with Crippen LogP contribution in [0.5, 0.6) is 0 Å². The van der Waals surface area contributed by atoms with Crippen LogP contribution in [0.1, 0.15) is 72.1 Å². The van der Waals surface area contributed by atoms with Crippen molar-refractivity contribution in [1.29, 1.82) is 0 Å². The van der Waals surface area contributed by atoms with Gasteiger partial charge in [-0.05, 0) is 32.9 Å². The zero-order valence-electron chi connectivity index (χ0n) is 12.6. The lowest BCUT2D eigenvalue weighted by Crippen LogP contribution is -2.51. The molecule has 2 N–H and O–H groups in total. The van der Waals surface area contributed by atoms with Crippen LogP contribution in [0.2, 0.25) is 0 Å². The van der Waals surface area contributed by atoms with Crippen molar-refractivity contribution in [3.63, 3.8) is 0 Å². The number of unbranched alkanes of at least 4 members (excludes halogenated alkanes) is 5. The molecule has 0 aromatic carbocycles. The molecule has 0 aliphatic rings. The molecule has 0 saturated carbocycles. The molecule has 0 rings (SSSR count). The molecule has 0 aliphatic carbocycles. The highest BCUT2D eigenvalue weighted by Gasteiger charge is 2.28. The Kier molecular flexibility index (Phi) is 9.85. The first kappa shape index (κ1) is 16.9. The van der Waals surface area contributed by atoms with Gasteiger partial charge in [-0.3, -0.25) is 4.90 Å². The average Bonchev–Trinajstić information content (AvgIpc) is 2.36. The van der Waals surface area contributed by atoms with Gasteiger partial charge in [-0.25, -0.2) is 0 Å². The predicted octanol–water partition coefficient (Wildman–Crippen LogP) is 3.80. The van der Waals surface area contributed by atoms with Gasteiger partial charge in [-0.15, -0.1) is 0 Å². The summed E-state index contributed by atoms with van der Waals surface area (Å²) in [4.78, 5) is 2.49. The van der Waals surface area contributed by atoms with Crippen LogP contribution in [0.3, 0.4) is 0 Å². The standard InChI is InChI=1S/C15H34N2/c1-5-8-9-10-11-12-13-17(4)15(6-2,7-3)14-16/h5-14,16H2,1-4H3. The third-order valence-corrected chi connectivity index (χ3v) is 4.35. The van der Waals surface area contributed by atoms with E-state index >= 15 is 0 Å². The third-order valence-electron chi connectivity index (χ3n) is 4.35. The molecule has 0 amide bonds. The Hall–Kier alpha value is -0.0800. The molecule has 2 nitrogen and oxygen atoms in total. The van der Waals surface area contributed by atoms with E-state index in [4.69, 9.17) is 5.73 Å². The second kappa shape index (κ2) is 9.90. The molecule has 0 fully saturated rings. The normalized spacial score (nSPS) is 12.4. The summed E-state index contributed by atoms with van der Waals surface area (Å²) in [5, 5.41) is 0. The van der Waals surface area contributed by atoms with Crippen molar-refractivity contribution in [1.82, 2.24) is 4.90 Å². The summed E-state index contributed by atoms with van der Waals surface area (Å²) < 4.78 is 0. The monoisotopic (exact) mass is 242 g/mol. The van der Waals surface area contributed by atoms with Gasteiger partial charge < -0.3 is 5.73 Å². The molecular weight excluding hydrogens is 208 g/mol. The second-order valence-electron chi connectivity index (χ2n) is 5.32. The first-order valence-electron chi connectivity index (χ1n) is 7.58.